The third-order valence-corrected chi connectivity index (χ3v) is 2.92. The molecule has 0 aromatic heterocycles. The van der Waals surface area contributed by atoms with E-state index in [1.807, 2.05) is 0 Å². The highest BCUT2D eigenvalue weighted by molar-refractivity contribution is 6.21. The zero-order chi connectivity index (χ0) is 13.8. The number of imide groups is 1. The number of hydrogen-bond acceptors (Lipinski definition) is 4. The summed E-state index contributed by atoms with van der Waals surface area (Å²) in [6.07, 6.45) is 0.676. The van der Waals surface area contributed by atoms with Gasteiger partial charge in [-0.25, -0.2) is 0 Å². The van der Waals surface area contributed by atoms with Gasteiger partial charge in [0.2, 0.25) is 0 Å². The standard InChI is InChI=1S/C8H5NO2.C5H8O3/c10-7-5-3-1-2-4-6(5)8(11)9-7;6-5(7)4-1-2-8-3-4/h1-4H,(H,9,10,11);4H,1-3H2,(H,6,7). The molecule has 2 amide bonds. The van der Waals surface area contributed by atoms with Crippen LogP contribution in [0.4, 0.5) is 0 Å². The van der Waals surface area contributed by atoms with Gasteiger partial charge in [-0.3, -0.25) is 19.7 Å². The van der Waals surface area contributed by atoms with E-state index in [9.17, 15) is 14.4 Å². The van der Waals surface area contributed by atoms with Crippen LogP contribution in [-0.4, -0.2) is 36.1 Å². The van der Waals surface area contributed by atoms with Crippen LogP contribution in [-0.2, 0) is 9.53 Å². The maximum atomic E-state index is 10.9. The number of amides is 2. The molecule has 0 saturated carbocycles. The molecule has 6 heteroatoms. The Balaban J connectivity index is 0.000000148. The van der Waals surface area contributed by atoms with E-state index in [1.165, 1.54) is 0 Å². The number of nitrogens with one attached hydrogen (secondary N) is 1. The lowest BCUT2D eigenvalue weighted by molar-refractivity contribution is -0.141. The van der Waals surface area contributed by atoms with Crippen molar-refractivity contribution in [2.75, 3.05) is 13.2 Å². The van der Waals surface area contributed by atoms with Gasteiger partial charge < -0.3 is 9.84 Å². The number of ether oxygens (including phenoxy) is 1. The SMILES string of the molecule is O=C(O)C1CCOC1.O=C1NC(=O)c2ccccc21. The van der Waals surface area contributed by atoms with Gasteiger partial charge in [-0.15, -0.1) is 0 Å². The van der Waals surface area contributed by atoms with Gasteiger partial charge in [-0.05, 0) is 18.6 Å². The van der Waals surface area contributed by atoms with E-state index in [4.69, 9.17) is 9.84 Å². The van der Waals surface area contributed by atoms with Gasteiger partial charge in [0.25, 0.3) is 11.8 Å². The third-order valence-electron chi connectivity index (χ3n) is 2.92. The van der Waals surface area contributed by atoms with Crippen molar-refractivity contribution < 1.29 is 24.2 Å². The molecule has 2 heterocycles. The van der Waals surface area contributed by atoms with E-state index >= 15 is 0 Å². The summed E-state index contributed by atoms with van der Waals surface area (Å²) in [6.45, 7) is 1.01. The van der Waals surface area contributed by atoms with Crippen LogP contribution in [0.25, 0.3) is 0 Å². The molecule has 0 spiro atoms. The van der Waals surface area contributed by atoms with Crippen molar-refractivity contribution >= 4 is 17.8 Å². The molecule has 1 atom stereocenters. The molecule has 0 radical (unpaired) electrons. The van der Waals surface area contributed by atoms with Crippen molar-refractivity contribution in [2.24, 2.45) is 5.92 Å². The average Bonchev–Trinajstić information content (AvgIpc) is 3.01. The average molecular weight is 263 g/mol. The summed E-state index contributed by atoms with van der Waals surface area (Å²) in [5, 5.41) is 10.5. The monoisotopic (exact) mass is 263 g/mol. The van der Waals surface area contributed by atoms with Crippen LogP contribution in [0.5, 0.6) is 0 Å². The summed E-state index contributed by atoms with van der Waals surface area (Å²) in [5.74, 6) is -1.58. The summed E-state index contributed by atoms with van der Waals surface area (Å²) in [5.41, 5.74) is 0.940. The first-order chi connectivity index (χ1) is 9.09. The lowest BCUT2D eigenvalue weighted by Gasteiger charge is -1.95. The number of carbonyl (C=O) groups is 3. The fraction of sp³-hybridized carbons (Fsp3) is 0.308. The Morgan fingerprint density at radius 2 is 1.79 bits per heavy atom. The Kier molecular flexibility index (Phi) is 3.91. The molecular weight excluding hydrogens is 250 g/mol. The molecule has 1 fully saturated rings. The van der Waals surface area contributed by atoms with Gasteiger partial charge in [-0.2, -0.15) is 0 Å². The van der Waals surface area contributed by atoms with Gasteiger partial charge in [0.15, 0.2) is 0 Å². The molecule has 1 saturated heterocycles. The molecule has 100 valence electrons. The highest BCUT2D eigenvalue weighted by Crippen LogP contribution is 2.13. The third kappa shape index (κ3) is 2.97. The number of rotatable bonds is 1. The molecule has 1 aromatic carbocycles. The fourth-order valence-corrected chi connectivity index (χ4v) is 1.85. The normalized spacial score (nSPS) is 20.3. The molecule has 3 rings (SSSR count). The van der Waals surface area contributed by atoms with Gasteiger partial charge in [-0.1, -0.05) is 12.1 Å². The Labute approximate surface area is 109 Å². The van der Waals surface area contributed by atoms with Gasteiger partial charge in [0, 0.05) is 6.61 Å². The van der Waals surface area contributed by atoms with Crippen LogP contribution in [0.3, 0.4) is 0 Å². The van der Waals surface area contributed by atoms with Crippen molar-refractivity contribution in [3.05, 3.63) is 35.4 Å². The second-order valence-electron chi connectivity index (χ2n) is 4.23. The predicted octanol–water partition coefficient (Wildman–Crippen LogP) is 0.678. The fourth-order valence-electron chi connectivity index (χ4n) is 1.85. The van der Waals surface area contributed by atoms with E-state index in [0.29, 0.717) is 30.8 Å². The quantitative estimate of drug-likeness (QED) is 0.727. The van der Waals surface area contributed by atoms with Crippen LogP contribution in [0, 0.1) is 5.92 Å². The number of aliphatic carboxylic acids is 1. The van der Waals surface area contributed by atoms with E-state index in [0.717, 1.165) is 0 Å². The molecule has 1 aromatic rings. The van der Waals surface area contributed by atoms with Crippen molar-refractivity contribution in [1.82, 2.24) is 5.32 Å². The van der Waals surface area contributed by atoms with E-state index in [1.54, 1.807) is 24.3 Å². The van der Waals surface area contributed by atoms with E-state index < -0.39 is 5.97 Å². The Morgan fingerprint density at radius 1 is 1.21 bits per heavy atom. The van der Waals surface area contributed by atoms with Crippen LogP contribution >= 0.6 is 0 Å². The second kappa shape index (κ2) is 5.62. The summed E-state index contributed by atoms with van der Waals surface area (Å²) in [7, 11) is 0. The van der Waals surface area contributed by atoms with Crippen molar-refractivity contribution in [1.29, 1.82) is 0 Å². The van der Waals surface area contributed by atoms with E-state index in [-0.39, 0.29) is 17.7 Å². The lowest BCUT2D eigenvalue weighted by atomic mass is 10.1. The van der Waals surface area contributed by atoms with Gasteiger partial charge >= 0.3 is 5.97 Å². The Bertz CT molecular complexity index is 487. The highest BCUT2D eigenvalue weighted by Gasteiger charge is 2.25. The summed E-state index contributed by atoms with van der Waals surface area (Å²) in [4.78, 5) is 32.0. The number of carbonyl (C=O) groups excluding carboxylic acids is 2. The molecule has 6 nitrogen and oxygen atoms in total. The highest BCUT2D eigenvalue weighted by atomic mass is 16.5. The van der Waals surface area contributed by atoms with Crippen LogP contribution in [0.2, 0.25) is 0 Å². The molecule has 0 bridgehead atoms. The molecule has 1 unspecified atom stereocenters. The number of hydrogen-bond donors (Lipinski definition) is 2. The molecule has 2 aliphatic heterocycles. The van der Waals surface area contributed by atoms with Gasteiger partial charge in [0.1, 0.15) is 0 Å². The first-order valence-electron chi connectivity index (χ1n) is 5.85. The summed E-state index contributed by atoms with van der Waals surface area (Å²) < 4.78 is 4.84. The van der Waals surface area contributed by atoms with Gasteiger partial charge in [0.05, 0.1) is 23.7 Å². The van der Waals surface area contributed by atoms with Crippen molar-refractivity contribution in [2.45, 2.75) is 6.42 Å². The summed E-state index contributed by atoms with van der Waals surface area (Å²) >= 11 is 0. The van der Waals surface area contributed by atoms with E-state index in [2.05, 4.69) is 5.32 Å². The van der Waals surface area contributed by atoms with Crippen LogP contribution < -0.4 is 5.32 Å². The van der Waals surface area contributed by atoms with Crippen molar-refractivity contribution in [3.8, 4) is 0 Å². The molecule has 2 N–H and O–H groups in total. The first-order valence-corrected chi connectivity index (χ1v) is 5.85. The predicted molar refractivity (Wildman–Crippen MR) is 64.8 cm³/mol. The minimum atomic E-state index is -0.734. The molecule has 0 aliphatic carbocycles. The Morgan fingerprint density at radius 3 is 2.16 bits per heavy atom. The minimum absolute atomic E-state index is 0.241. The van der Waals surface area contributed by atoms with Crippen LogP contribution in [0.1, 0.15) is 27.1 Å². The number of fused-ring (bicyclic) bond motifs is 1. The number of carboxylic acid groups (broad SMARTS) is 1. The smallest absolute Gasteiger partial charge is 0.308 e. The molecule has 19 heavy (non-hydrogen) atoms. The number of carboxylic acids is 1. The minimum Gasteiger partial charge on any atom is -0.481 e. The topological polar surface area (TPSA) is 92.7 Å². The lowest BCUT2D eigenvalue weighted by Crippen LogP contribution is -2.19. The largest absolute Gasteiger partial charge is 0.481 e. The second-order valence-corrected chi connectivity index (χ2v) is 4.23. The maximum Gasteiger partial charge on any atom is 0.308 e. The molecular formula is C13H13NO5. The van der Waals surface area contributed by atoms with Crippen molar-refractivity contribution in [3.63, 3.8) is 0 Å². The number of benzene rings is 1. The van der Waals surface area contributed by atoms with Crippen LogP contribution in [0.15, 0.2) is 24.3 Å². The zero-order valence-electron chi connectivity index (χ0n) is 10.1. The maximum absolute atomic E-state index is 10.9. The molecule has 2 aliphatic rings. The Hall–Kier alpha value is -2.21. The first kappa shape index (κ1) is 13.2. The zero-order valence-corrected chi connectivity index (χ0v) is 10.1. The summed E-state index contributed by atoms with van der Waals surface area (Å²) in [6, 6.07) is 6.74.